The molecule has 1 aliphatic carbocycles. The van der Waals surface area contributed by atoms with Gasteiger partial charge in [-0.15, -0.1) is 0 Å². The molecule has 1 heterocycles. The van der Waals surface area contributed by atoms with Crippen LogP contribution in [-0.4, -0.2) is 16.1 Å². The highest BCUT2D eigenvalue weighted by molar-refractivity contribution is 5.02. The minimum Gasteiger partial charge on any atom is -0.337 e. The zero-order valence-corrected chi connectivity index (χ0v) is 12.0. The van der Waals surface area contributed by atoms with Crippen molar-refractivity contribution in [2.45, 2.75) is 52.0 Å². The van der Waals surface area contributed by atoms with E-state index in [1.54, 1.807) is 0 Å². The molecule has 3 unspecified atom stereocenters. The second-order valence-electron chi connectivity index (χ2n) is 5.68. The number of rotatable bonds is 6. The van der Waals surface area contributed by atoms with E-state index in [-0.39, 0.29) is 0 Å². The molecular weight excluding hydrogens is 222 g/mol. The molecule has 2 rings (SSSR count). The molecule has 3 nitrogen and oxygen atoms in total. The maximum absolute atomic E-state index is 4.56. The number of nitrogens with one attached hydrogen (secondary N) is 1. The van der Waals surface area contributed by atoms with Gasteiger partial charge < -0.3 is 9.88 Å². The molecule has 1 N–H and O–H groups in total. The lowest BCUT2D eigenvalue weighted by atomic mass is 9.95. The standard InChI is InChI=1S/C15H27N3/c1-4-8-16-14(15-17-9-10-18(15)3)13-7-6-12(5-2)11-13/h9-10,12-14,16H,4-8,11H2,1-3H3. The molecule has 0 aromatic carbocycles. The van der Waals surface area contributed by atoms with Gasteiger partial charge in [0, 0.05) is 19.4 Å². The second kappa shape index (κ2) is 6.37. The first-order chi connectivity index (χ1) is 8.76. The van der Waals surface area contributed by atoms with Crippen LogP contribution in [-0.2, 0) is 7.05 Å². The molecule has 1 fully saturated rings. The van der Waals surface area contributed by atoms with Gasteiger partial charge in [0.15, 0.2) is 0 Å². The van der Waals surface area contributed by atoms with Gasteiger partial charge in [-0.3, -0.25) is 0 Å². The number of hydrogen-bond donors (Lipinski definition) is 1. The number of hydrogen-bond acceptors (Lipinski definition) is 2. The summed E-state index contributed by atoms with van der Waals surface area (Å²) in [6.45, 7) is 5.64. The van der Waals surface area contributed by atoms with E-state index in [9.17, 15) is 0 Å². The zero-order valence-electron chi connectivity index (χ0n) is 12.0. The Labute approximate surface area is 111 Å². The van der Waals surface area contributed by atoms with Gasteiger partial charge in [-0.05, 0) is 37.6 Å². The topological polar surface area (TPSA) is 29.9 Å². The lowest BCUT2D eigenvalue weighted by Crippen LogP contribution is -2.30. The van der Waals surface area contributed by atoms with Gasteiger partial charge >= 0.3 is 0 Å². The number of imidazole rings is 1. The highest BCUT2D eigenvalue weighted by Gasteiger charge is 2.32. The summed E-state index contributed by atoms with van der Waals surface area (Å²) >= 11 is 0. The average molecular weight is 249 g/mol. The van der Waals surface area contributed by atoms with E-state index in [1.165, 1.54) is 37.9 Å². The second-order valence-corrected chi connectivity index (χ2v) is 5.68. The normalized spacial score (nSPS) is 25.5. The number of nitrogens with zero attached hydrogens (tertiary/aromatic N) is 2. The van der Waals surface area contributed by atoms with Gasteiger partial charge in [0.1, 0.15) is 5.82 Å². The minimum absolute atomic E-state index is 0.446. The smallest absolute Gasteiger partial charge is 0.125 e. The van der Waals surface area contributed by atoms with Crippen molar-refractivity contribution in [2.75, 3.05) is 6.54 Å². The molecule has 102 valence electrons. The maximum atomic E-state index is 4.56. The molecule has 0 aliphatic heterocycles. The van der Waals surface area contributed by atoms with Crippen LogP contribution in [0.2, 0.25) is 0 Å². The number of aromatic nitrogens is 2. The first-order valence-electron chi connectivity index (χ1n) is 7.46. The summed E-state index contributed by atoms with van der Waals surface area (Å²) in [5.74, 6) is 2.91. The molecule has 0 bridgehead atoms. The van der Waals surface area contributed by atoms with E-state index in [0.717, 1.165) is 18.4 Å². The highest BCUT2D eigenvalue weighted by Crippen LogP contribution is 2.39. The summed E-state index contributed by atoms with van der Waals surface area (Å²) in [4.78, 5) is 4.56. The molecule has 1 aliphatic rings. The van der Waals surface area contributed by atoms with Crippen molar-refractivity contribution in [3.63, 3.8) is 0 Å². The van der Waals surface area contributed by atoms with Crippen molar-refractivity contribution >= 4 is 0 Å². The van der Waals surface area contributed by atoms with Crippen molar-refractivity contribution in [2.24, 2.45) is 18.9 Å². The molecule has 3 heteroatoms. The van der Waals surface area contributed by atoms with Crippen molar-refractivity contribution in [1.82, 2.24) is 14.9 Å². The molecule has 1 aromatic heterocycles. The van der Waals surface area contributed by atoms with E-state index in [0.29, 0.717) is 6.04 Å². The third kappa shape index (κ3) is 2.94. The Morgan fingerprint density at radius 3 is 2.83 bits per heavy atom. The van der Waals surface area contributed by atoms with Gasteiger partial charge in [-0.1, -0.05) is 26.7 Å². The maximum Gasteiger partial charge on any atom is 0.125 e. The van der Waals surface area contributed by atoms with Crippen molar-refractivity contribution in [3.05, 3.63) is 18.2 Å². The van der Waals surface area contributed by atoms with E-state index < -0.39 is 0 Å². The third-order valence-corrected chi connectivity index (χ3v) is 4.38. The molecule has 18 heavy (non-hydrogen) atoms. The van der Waals surface area contributed by atoms with Crippen LogP contribution in [0.25, 0.3) is 0 Å². The Hall–Kier alpha value is -0.830. The van der Waals surface area contributed by atoms with Crippen LogP contribution < -0.4 is 5.32 Å². The quantitative estimate of drug-likeness (QED) is 0.838. The summed E-state index contributed by atoms with van der Waals surface area (Å²) in [7, 11) is 2.11. The van der Waals surface area contributed by atoms with E-state index in [4.69, 9.17) is 0 Å². The van der Waals surface area contributed by atoms with Crippen LogP contribution in [0, 0.1) is 11.8 Å². The van der Waals surface area contributed by atoms with Crippen LogP contribution in [0.1, 0.15) is 57.8 Å². The molecule has 1 aromatic rings. The minimum atomic E-state index is 0.446. The predicted octanol–water partition coefficient (Wildman–Crippen LogP) is 3.29. The summed E-state index contributed by atoms with van der Waals surface area (Å²) < 4.78 is 2.17. The summed E-state index contributed by atoms with van der Waals surface area (Å²) in [6, 6.07) is 0.446. The van der Waals surface area contributed by atoms with Gasteiger partial charge in [0.2, 0.25) is 0 Å². The van der Waals surface area contributed by atoms with Crippen molar-refractivity contribution in [1.29, 1.82) is 0 Å². The fraction of sp³-hybridized carbons (Fsp3) is 0.800. The van der Waals surface area contributed by atoms with E-state index >= 15 is 0 Å². The van der Waals surface area contributed by atoms with Crippen LogP contribution in [0.4, 0.5) is 0 Å². The van der Waals surface area contributed by atoms with E-state index in [2.05, 4.69) is 42.0 Å². The fourth-order valence-electron chi connectivity index (χ4n) is 3.23. The fourth-order valence-corrected chi connectivity index (χ4v) is 3.23. The number of aryl methyl sites for hydroxylation is 1. The molecule has 0 amide bonds. The Bertz CT molecular complexity index is 358. The van der Waals surface area contributed by atoms with Gasteiger partial charge in [0.25, 0.3) is 0 Å². The molecule has 1 saturated carbocycles. The van der Waals surface area contributed by atoms with Crippen LogP contribution in [0.15, 0.2) is 12.4 Å². The Morgan fingerprint density at radius 1 is 1.44 bits per heavy atom. The highest BCUT2D eigenvalue weighted by atomic mass is 15.1. The molecule has 0 saturated heterocycles. The van der Waals surface area contributed by atoms with Crippen molar-refractivity contribution in [3.8, 4) is 0 Å². The summed E-state index contributed by atoms with van der Waals surface area (Å²) in [6.07, 6.45) is 10.6. The molecule has 3 atom stereocenters. The Balaban J connectivity index is 2.08. The van der Waals surface area contributed by atoms with Crippen LogP contribution >= 0.6 is 0 Å². The summed E-state index contributed by atoms with van der Waals surface area (Å²) in [5, 5.41) is 3.72. The van der Waals surface area contributed by atoms with Gasteiger partial charge in [-0.25, -0.2) is 4.98 Å². The van der Waals surface area contributed by atoms with Crippen LogP contribution in [0.3, 0.4) is 0 Å². The van der Waals surface area contributed by atoms with Crippen LogP contribution in [0.5, 0.6) is 0 Å². The summed E-state index contributed by atoms with van der Waals surface area (Å²) in [5.41, 5.74) is 0. The van der Waals surface area contributed by atoms with E-state index in [1.807, 2.05) is 6.20 Å². The SMILES string of the molecule is CCCNC(c1nccn1C)C1CCC(CC)C1. The largest absolute Gasteiger partial charge is 0.337 e. The lowest BCUT2D eigenvalue weighted by Gasteiger charge is -2.24. The Morgan fingerprint density at radius 2 is 2.28 bits per heavy atom. The first kappa shape index (κ1) is 13.6. The molecular formula is C15H27N3. The predicted molar refractivity (Wildman–Crippen MR) is 75.4 cm³/mol. The third-order valence-electron chi connectivity index (χ3n) is 4.38. The molecule has 0 radical (unpaired) electrons. The van der Waals surface area contributed by atoms with Gasteiger partial charge in [0.05, 0.1) is 6.04 Å². The molecule has 0 spiro atoms. The lowest BCUT2D eigenvalue weighted by molar-refractivity contribution is 0.335. The Kier molecular flexibility index (Phi) is 4.81. The van der Waals surface area contributed by atoms with Crippen molar-refractivity contribution < 1.29 is 0 Å². The average Bonchev–Trinajstić information content (AvgIpc) is 3.00. The van der Waals surface area contributed by atoms with Gasteiger partial charge in [-0.2, -0.15) is 0 Å². The zero-order chi connectivity index (χ0) is 13.0. The first-order valence-corrected chi connectivity index (χ1v) is 7.46. The monoisotopic (exact) mass is 249 g/mol.